The fraction of sp³-hybridized carbons (Fsp3) is 0.688. The lowest BCUT2D eigenvalue weighted by Gasteiger charge is -2.36. The number of aromatic nitrogens is 1. The molecule has 0 atom stereocenters. The molecule has 0 spiro atoms. The van der Waals surface area contributed by atoms with Gasteiger partial charge in [0.25, 0.3) is 0 Å². The van der Waals surface area contributed by atoms with Crippen molar-refractivity contribution in [1.82, 2.24) is 9.29 Å². The predicted octanol–water partition coefficient (Wildman–Crippen LogP) is 2.60. The molecular weight excluding hydrogens is 371 g/mol. The molecule has 1 aromatic rings. The zero-order valence-electron chi connectivity index (χ0n) is 14.2. The summed E-state index contributed by atoms with van der Waals surface area (Å²) in [6.45, 7) is 0.745. The normalized spacial score (nSPS) is 20.8. The maximum Gasteiger partial charge on any atom is 0.419 e. The number of rotatable bonds is 6. The quantitative estimate of drug-likeness (QED) is 0.776. The van der Waals surface area contributed by atoms with Crippen molar-refractivity contribution in [3.63, 3.8) is 0 Å². The Kier molecular flexibility index (Phi) is 5.19. The minimum Gasteiger partial charge on any atom is -0.390 e. The first-order valence-electron chi connectivity index (χ1n) is 8.66. The number of anilines is 1. The zero-order chi connectivity index (χ0) is 19.0. The lowest BCUT2D eigenvalue weighted by atomic mass is 9.78. The lowest BCUT2D eigenvalue weighted by molar-refractivity contribution is -0.137. The molecule has 10 heteroatoms. The summed E-state index contributed by atoms with van der Waals surface area (Å²) in [5.41, 5.74) is -1.93. The molecule has 2 N–H and O–H groups in total. The molecule has 26 heavy (non-hydrogen) atoms. The summed E-state index contributed by atoms with van der Waals surface area (Å²) in [5.74, 6) is -0.416. The van der Waals surface area contributed by atoms with Crippen LogP contribution in [0.5, 0.6) is 0 Å². The molecule has 6 nitrogen and oxygen atoms in total. The van der Waals surface area contributed by atoms with Crippen LogP contribution in [-0.4, -0.2) is 48.0 Å². The summed E-state index contributed by atoms with van der Waals surface area (Å²) in [6.07, 6.45) is 0.124. The van der Waals surface area contributed by atoms with Gasteiger partial charge in [0.05, 0.1) is 11.2 Å². The smallest absolute Gasteiger partial charge is 0.390 e. The Morgan fingerprint density at radius 2 is 1.88 bits per heavy atom. The van der Waals surface area contributed by atoms with Crippen LogP contribution in [0.25, 0.3) is 0 Å². The van der Waals surface area contributed by atoms with Crippen LogP contribution in [0.3, 0.4) is 0 Å². The maximum absolute atomic E-state index is 13.4. The highest BCUT2D eigenvalue weighted by Gasteiger charge is 2.38. The number of hydrogen-bond donors (Lipinski definition) is 2. The number of nitrogens with zero attached hydrogens (tertiary/aromatic N) is 2. The number of hydrogen-bond acceptors (Lipinski definition) is 5. The van der Waals surface area contributed by atoms with Gasteiger partial charge in [-0.3, -0.25) is 0 Å². The average Bonchev–Trinajstić information content (AvgIpc) is 3.07. The lowest BCUT2D eigenvalue weighted by Crippen LogP contribution is -2.38. The third kappa shape index (κ3) is 3.96. The van der Waals surface area contributed by atoms with Gasteiger partial charge in [-0.05, 0) is 44.6 Å². The van der Waals surface area contributed by atoms with E-state index in [-0.39, 0.29) is 6.54 Å². The third-order valence-electron chi connectivity index (χ3n) is 5.04. The van der Waals surface area contributed by atoms with Crippen LogP contribution >= 0.6 is 0 Å². The molecule has 1 aliphatic carbocycles. The number of alkyl halides is 3. The number of aliphatic hydroxyl groups is 1. The first-order valence-corrected chi connectivity index (χ1v) is 10.1. The first kappa shape index (κ1) is 19.4. The van der Waals surface area contributed by atoms with E-state index in [1.165, 1.54) is 4.31 Å². The highest BCUT2D eigenvalue weighted by Crippen LogP contribution is 2.37. The number of nitrogens with one attached hydrogen (secondary N) is 1. The Balaban J connectivity index is 1.81. The summed E-state index contributed by atoms with van der Waals surface area (Å²) in [7, 11) is -3.97. The molecule has 2 heterocycles. The number of halogens is 3. The minimum atomic E-state index is -4.74. The van der Waals surface area contributed by atoms with Gasteiger partial charge in [-0.15, -0.1) is 0 Å². The van der Waals surface area contributed by atoms with E-state index in [4.69, 9.17) is 0 Å². The van der Waals surface area contributed by atoms with Gasteiger partial charge in [0, 0.05) is 25.8 Å². The van der Waals surface area contributed by atoms with Gasteiger partial charge in [0.2, 0.25) is 10.0 Å². The fourth-order valence-electron chi connectivity index (χ4n) is 3.27. The second kappa shape index (κ2) is 6.97. The Morgan fingerprint density at radius 1 is 1.23 bits per heavy atom. The summed E-state index contributed by atoms with van der Waals surface area (Å²) < 4.78 is 66.3. The largest absolute Gasteiger partial charge is 0.419 e. The van der Waals surface area contributed by atoms with Crippen LogP contribution in [0.1, 0.15) is 44.1 Å². The molecule has 1 aromatic heterocycles. The molecule has 0 radical (unpaired) electrons. The van der Waals surface area contributed by atoms with E-state index >= 15 is 0 Å². The van der Waals surface area contributed by atoms with E-state index < -0.39 is 38.1 Å². The van der Waals surface area contributed by atoms with E-state index in [2.05, 4.69) is 10.3 Å². The molecule has 0 unspecified atom stereocenters. The van der Waals surface area contributed by atoms with E-state index in [1.54, 1.807) is 0 Å². The van der Waals surface area contributed by atoms with Gasteiger partial charge in [-0.2, -0.15) is 17.5 Å². The molecule has 2 aliphatic rings. The van der Waals surface area contributed by atoms with E-state index in [0.717, 1.165) is 12.6 Å². The number of pyridine rings is 1. The summed E-state index contributed by atoms with van der Waals surface area (Å²) >= 11 is 0. The maximum atomic E-state index is 13.4. The Bertz CT molecular complexity index is 758. The molecule has 0 aromatic carbocycles. The third-order valence-corrected chi connectivity index (χ3v) is 6.90. The second-order valence-electron chi connectivity index (χ2n) is 6.93. The highest BCUT2D eigenvalue weighted by molar-refractivity contribution is 7.89. The fourth-order valence-corrected chi connectivity index (χ4v) is 4.76. The summed E-state index contributed by atoms with van der Waals surface area (Å²) in [6, 6.07) is 0.640. The van der Waals surface area contributed by atoms with E-state index in [1.807, 2.05) is 0 Å². The molecule has 2 fully saturated rings. The van der Waals surface area contributed by atoms with E-state index in [9.17, 15) is 26.7 Å². The van der Waals surface area contributed by atoms with E-state index in [0.29, 0.717) is 51.3 Å². The Labute approximate surface area is 150 Å². The summed E-state index contributed by atoms with van der Waals surface area (Å²) in [5, 5.41) is 12.6. The molecule has 1 saturated heterocycles. The van der Waals surface area contributed by atoms with Crippen molar-refractivity contribution in [1.29, 1.82) is 0 Å². The van der Waals surface area contributed by atoms with Gasteiger partial charge in [-0.25, -0.2) is 13.4 Å². The van der Waals surface area contributed by atoms with Crippen LogP contribution in [0.2, 0.25) is 0 Å². The molecule has 0 bridgehead atoms. The monoisotopic (exact) mass is 393 g/mol. The van der Waals surface area contributed by atoms with Crippen LogP contribution < -0.4 is 5.32 Å². The Hall–Kier alpha value is -1.39. The molecule has 3 rings (SSSR count). The standard InChI is InChI=1S/C16H22F3N3O3S/c17-16(18,19)13-10-12(26(24,25)22-8-1-2-9-22)11-21-14(13)20-7-6-15(23)4-3-5-15/h10-11,23H,1-9H2,(H,20,21). The van der Waals surface area contributed by atoms with Gasteiger partial charge in [0.1, 0.15) is 10.7 Å². The molecule has 1 saturated carbocycles. The highest BCUT2D eigenvalue weighted by atomic mass is 32.2. The van der Waals surface area contributed by atoms with Crippen molar-refractivity contribution >= 4 is 15.8 Å². The molecule has 146 valence electrons. The second-order valence-corrected chi connectivity index (χ2v) is 8.87. The number of sulfonamides is 1. The van der Waals surface area contributed by atoms with Crippen LogP contribution in [-0.2, 0) is 16.2 Å². The SMILES string of the molecule is O=S(=O)(c1cnc(NCCC2(O)CCC2)c(C(F)(F)F)c1)N1CCCC1. The van der Waals surface area contributed by atoms with Gasteiger partial charge in [0.15, 0.2) is 0 Å². The van der Waals surface area contributed by atoms with Gasteiger partial charge < -0.3 is 10.4 Å². The van der Waals surface area contributed by atoms with Crippen LogP contribution in [0, 0.1) is 0 Å². The predicted molar refractivity (Wildman–Crippen MR) is 89.1 cm³/mol. The van der Waals surface area contributed by atoms with Crippen molar-refractivity contribution in [2.75, 3.05) is 25.0 Å². The zero-order valence-corrected chi connectivity index (χ0v) is 15.0. The van der Waals surface area contributed by atoms with Crippen molar-refractivity contribution in [2.45, 2.75) is 55.2 Å². The molecule has 1 aliphatic heterocycles. The topological polar surface area (TPSA) is 82.5 Å². The van der Waals surface area contributed by atoms with Crippen molar-refractivity contribution in [3.8, 4) is 0 Å². The van der Waals surface area contributed by atoms with Gasteiger partial charge in [-0.1, -0.05) is 0 Å². The average molecular weight is 393 g/mol. The van der Waals surface area contributed by atoms with Crippen LogP contribution in [0.4, 0.5) is 19.0 Å². The first-order chi connectivity index (χ1) is 12.1. The molecule has 0 amide bonds. The van der Waals surface area contributed by atoms with Gasteiger partial charge >= 0.3 is 6.18 Å². The molecular formula is C16H22F3N3O3S. The summed E-state index contributed by atoms with van der Waals surface area (Å²) in [4.78, 5) is 3.28. The minimum absolute atomic E-state index is 0.130. The van der Waals surface area contributed by atoms with Crippen molar-refractivity contribution in [2.24, 2.45) is 0 Å². The van der Waals surface area contributed by atoms with Crippen molar-refractivity contribution in [3.05, 3.63) is 17.8 Å². The van der Waals surface area contributed by atoms with Crippen LogP contribution in [0.15, 0.2) is 17.2 Å². The Morgan fingerprint density at radius 3 is 2.42 bits per heavy atom. The van der Waals surface area contributed by atoms with Crippen molar-refractivity contribution < 1.29 is 26.7 Å².